The molecule has 6 heterocycles. The van der Waals surface area contributed by atoms with Gasteiger partial charge in [0.1, 0.15) is 6.04 Å². The first-order valence-electron chi connectivity index (χ1n) is 29.4. The molecule has 0 aromatic heterocycles. The van der Waals surface area contributed by atoms with Gasteiger partial charge in [0.2, 0.25) is 11.8 Å². The van der Waals surface area contributed by atoms with Crippen LogP contribution in [0.2, 0.25) is 0 Å². The molecule has 2 N–H and O–H groups in total. The Hall–Kier alpha value is -10.3. The van der Waals surface area contributed by atoms with Crippen molar-refractivity contribution in [2.24, 2.45) is 0 Å². The molecule has 2 unspecified atom stereocenters. The lowest BCUT2D eigenvalue weighted by Gasteiger charge is -2.47. The summed E-state index contributed by atoms with van der Waals surface area (Å²) >= 11 is 0. The van der Waals surface area contributed by atoms with E-state index in [2.05, 4.69) is 0 Å². The SMILES string of the molecule is O=C(O)[C@H]1[C@@H]2CC[C@H](CN1C(=O)N1c3ccccc3C=Cc3ccccc31)N2C(=O)C(c1ccccc1)c1cccc(-c2cccc(C(C(=O)N3C[C@H]4CC[C@@H]([C@@H]3C(=O)O)N4C(=O)N3c4ccccc4C=Cc4ccccc43)c3ccccc3)c2)c1. The van der Waals surface area contributed by atoms with Crippen LogP contribution in [0.4, 0.5) is 32.3 Å². The number of benzene rings is 8. The van der Waals surface area contributed by atoms with Crippen LogP contribution in [-0.2, 0) is 19.2 Å². The van der Waals surface area contributed by atoms with Crippen molar-refractivity contribution in [1.82, 2.24) is 19.6 Å². The fraction of sp³-hybridized carbons (Fsp3) is 0.194. The second kappa shape index (κ2) is 22.0. The topological polar surface area (TPSA) is 162 Å². The molecule has 0 radical (unpaired) electrons. The van der Waals surface area contributed by atoms with Crippen LogP contribution in [0, 0.1) is 0 Å². The lowest BCUT2D eigenvalue weighted by Crippen LogP contribution is -2.66. The van der Waals surface area contributed by atoms with Crippen molar-refractivity contribution in [2.45, 2.75) is 73.8 Å². The summed E-state index contributed by atoms with van der Waals surface area (Å²) in [5.74, 6) is -4.83. The smallest absolute Gasteiger partial charge is 0.330 e. The first-order valence-corrected chi connectivity index (χ1v) is 29.4. The number of piperazine rings is 2. The van der Waals surface area contributed by atoms with Gasteiger partial charge in [-0.25, -0.2) is 19.2 Å². The van der Waals surface area contributed by atoms with Gasteiger partial charge in [-0.05, 0) is 106 Å². The summed E-state index contributed by atoms with van der Waals surface area (Å²) in [6, 6.07) is 58.5. The highest BCUT2D eigenvalue weighted by Crippen LogP contribution is 2.46. The fourth-order valence-electron chi connectivity index (χ4n) is 14.5. The predicted octanol–water partition coefficient (Wildman–Crippen LogP) is 12.8. The van der Waals surface area contributed by atoms with E-state index in [1.54, 1.807) is 19.6 Å². The van der Waals surface area contributed by atoms with Gasteiger partial charge in [0.25, 0.3) is 0 Å². The number of likely N-dealkylation sites (tertiary alicyclic amines) is 2. The second-order valence-electron chi connectivity index (χ2n) is 23.0. The van der Waals surface area contributed by atoms with Crippen LogP contribution in [0.5, 0.6) is 0 Å². The summed E-state index contributed by atoms with van der Waals surface area (Å²) < 4.78 is 0. The summed E-state index contributed by atoms with van der Waals surface area (Å²) in [5, 5.41) is 22.4. The lowest BCUT2D eigenvalue weighted by molar-refractivity contribution is -0.156. The Kier molecular flexibility index (Phi) is 13.7. The molecule has 426 valence electrons. The molecule has 8 atom stereocenters. The van der Waals surface area contributed by atoms with Gasteiger partial charge in [-0.2, -0.15) is 0 Å². The van der Waals surface area contributed by atoms with E-state index in [-0.39, 0.29) is 25.0 Å². The molecule has 14 heteroatoms. The van der Waals surface area contributed by atoms with E-state index in [0.717, 1.165) is 38.9 Å². The number of fused-ring (bicyclic) bond motifs is 8. The molecular weight excluding hydrogens is 1080 g/mol. The molecule has 0 saturated carbocycles. The monoisotopic (exact) mass is 1140 g/mol. The van der Waals surface area contributed by atoms with Crippen LogP contribution in [0.15, 0.2) is 206 Å². The molecule has 8 aromatic rings. The van der Waals surface area contributed by atoms with Gasteiger partial charge in [0.15, 0.2) is 6.04 Å². The maximum Gasteiger partial charge on any atom is 0.330 e. The Morgan fingerprint density at radius 1 is 0.360 bits per heavy atom. The number of hydrogen-bond acceptors (Lipinski definition) is 6. The molecule has 4 saturated heterocycles. The Morgan fingerprint density at radius 2 is 0.721 bits per heavy atom. The van der Waals surface area contributed by atoms with Gasteiger partial charge in [-0.3, -0.25) is 19.4 Å². The van der Waals surface area contributed by atoms with E-state index >= 15 is 19.2 Å². The molecular formula is C72H60N6O8. The van der Waals surface area contributed by atoms with Gasteiger partial charge in [0.05, 0.1) is 52.7 Å². The molecule has 6 aliphatic heterocycles. The number of rotatable bonds is 9. The quantitative estimate of drug-likeness (QED) is 0.144. The Morgan fingerprint density at radius 3 is 1.17 bits per heavy atom. The molecule has 0 aliphatic carbocycles. The molecule has 86 heavy (non-hydrogen) atoms. The zero-order valence-electron chi connectivity index (χ0n) is 46.8. The number of carboxylic acids is 2. The van der Waals surface area contributed by atoms with Gasteiger partial charge in [0, 0.05) is 19.1 Å². The second-order valence-corrected chi connectivity index (χ2v) is 23.0. The van der Waals surface area contributed by atoms with Gasteiger partial charge >= 0.3 is 24.0 Å². The van der Waals surface area contributed by atoms with Crippen LogP contribution in [-0.4, -0.2) is 115 Å². The highest BCUT2D eigenvalue weighted by molar-refractivity contribution is 6.08. The van der Waals surface area contributed by atoms with E-state index < -0.39 is 72.0 Å². The number of hydrogen-bond donors (Lipinski definition) is 2. The first-order chi connectivity index (χ1) is 42.0. The third-order valence-electron chi connectivity index (χ3n) is 18.3. The number of carbonyl (C=O) groups is 6. The summed E-state index contributed by atoms with van der Waals surface area (Å²) in [6.45, 7) is 0.0394. The number of para-hydroxylation sites is 4. The van der Waals surface area contributed by atoms with Crippen LogP contribution < -0.4 is 9.80 Å². The van der Waals surface area contributed by atoms with Crippen LogP contribution >= 0.6 is 0 Å². The predicted molar refractivity (Wildman–Crippen MR) is 331 cm³/mol. The number of carbonyl (C=O) groups excluding carboxylic acids is 4. The van der Waals surface area contributed by atoms with E-state index in [1.807, 2.05) is 231 Å². The maximum atomic E-state index is 15.7. The summed E-state index contributed by atoms with van der Waals surface area (Å²) in [6.07, 6.45) is 9.71. The van der Waals surface area contributed by atoms with Crippen molar-refractivity contribution < 1.29 is 39.0 Å². The first kappa shape index (κ1) is 53.7. The number of anilines is 4. The van der Waals surface area contributed by atoms with Crippen molar-refractivity contribution in [1.29, 1.82) is 0 Å². The van der Waals surface area contributed by atoms with Gasteiger partial charge in [-0.1, -0.05) is 206 Å². The highest BCUT2D eigenvalue weighted by atomic mass is 16.4. The van der Waals surface area contributed by atoms with Crippen LogP contribution in [0.25, 0.3) is 35.4 Å². The summed E-state index contributed by atoms with van der Waals surface area (Å²) in [4.78, 5) is 99.0. The number of amides is 6. The van der Waals surface area contributed by atoms with E-state index in [1.165, 1.54) is 9.80 Å². The molecule has 4 fully saturated rings. The van der Waals surface area contributed by atoms with E-state index in [4.69, 9.17) is 0 Å². The van der Waals surface area contributed by atoms with Crippen molar-refractivity contribution >= 4 is 82.9 Å². The number of carboxylic acid groups (broad SMARTS) is 2. The number of nitrogens with zero attached hydrogens (tertiary/aromatic N) is 6. The average Bonchev–Trinajstić information content (AvgIpc) is 1.94. The minimum Gasteiger partial charge on any atom is -0.480 e. The standard InChI is InChI=1S/C72H60N6O8/c79-67(73-43-56-38-40-62(65(73)69(81)82)76(56)72(86)78-59-31-13-9-19-47(59)35-36-48-20-10-14-32-60(48)78)63(49-21-3-1-4-22-49)53-27-15-25-51(41-53)52-26-16-28-54(42-52)64(50-23-5-2-6-24-50)68(80)75-55-37-39-61(75)66(70(83)84)74(44-55)71(85)77-57-29-11-7-17-45(57)33-34-46-18-8-12-30-58(46)77/h1-36,41-42,55-56,61-66H,37-40,43-44H2,(H,81,82)(H,83,84)/t55-,56-,61+,62+,63?,64?,65-,66-/m1/s1. The van der Waals surface area contributed by atoms with Crippen molar-refractivity contribution in [3.05, 3.63) is 251 Å². The number of urea groups is 2. The van der Waals surface area contributed by atoms with Gasteiger partial charge in [-0.15, -0.1) is 0 Å². The van der Waals surface area contributed by atoms with E-state index in [0.29, 0.717) is 65.1 Å². The third-order valence-corrected chi connectivity index (χ3v) is 18.3. The van der Waals surface area contributed by atoms with Crippen LogP contribution in [0.3, 0.4) is 0 Å². The zero-order chi connectivity index (χ0) is 58.7. The molecule has 6 aliphatic rings. The third kappa shape index (κ3) is 9.19. The molecule has 14 nitrogen and oxygen atoms in total. The maximum absolute atomic E-state index is 15.7. The van der Waals surface area contributed by atoms with Crippen molar-refractivity contribution in [3.8, 4) is 11.1 Å². The molecule has 14 rings (SSSR count). The molecule has 0 spiro atoms. The Balaban J connectivity index is 0.770. The largest absolute Gasteiger partial charge is 0.480 e. The zero-order valence-corrected chi connectivity index (χ0v) is 46.8. The van der Waals surface area contributed by atoms with E-state index in [9.17, 15) is 19.8 Å². The van der Waals surface area contributed by atoms with Crippen molar-refractivity contribution in [2.75, 3.05) is 22.9 Å². The molecule has 4 bridgehead atoms. The fourth-order valence-corrected chi connectivity index (χ4v) is 14.5. The Labute approximate surface area is 497 Å². The number of aliphatic carboxylic acids is 2. The normalized spacial score (nSPS) is 21.3. The minimum absolute atomic E-state index is 0.0187. The summed E-state index contributed by atoms with van der Waals surface area (Å²) in [5.41, 5.74) is 10.2. The highest BCUT2D eigenvalue weighted by Gasteiger charge is 2.56. The minimum atomic E-state index is -1.34. The van der Waals surface area contributed by atoms with Crippen LogP contribution in [0.1, 0.15) is 82.0 Å². The molecule has 8 aromatic carbocycles. The average molecular weight is 1140 g/mol. The summed E-state index contributed by atoms with van der Waals surface area (Å²) in [7, 11) is 0. The molecule has 6 amide bonds. The Bertz CT molecular complexity index is 3990. The van der Waals surface area contributed by atoms with Crippen molar-refractivity contribution in [3.63, 3.8) is 0 Å². The van der Waals surface area contributed by atoms with Gasteiger partial charge < -0.3 is 29.8 Å². The lowest BCUT2D eigenvalue weighted by atomic mass is 9.85.